The Morgan fingerprint density at radius 3 is 2.58 bits per heavy atom. The topological polar surface area (TPSA) is 81.7 Å². The first-order valence-corrected chi connectivity index (χ1v) is 8.24. The fraction of sp³-hybridized carbons (Fsp3) is 0.529. The first kappa shape index (κ1) is 16.9. The minimum absolute atomic E-state index is 0.0113. The monoisotopic (exact) mass is 335 g/mol. The lowest BCUT2D eigenvalue weighted by atomic mass is 9.86. The molecule has 2 saturated heterocycles. The van der Waals surface area contributed by atoms with E-state index in [1.165, 1.54) is 12.1 Å². The fourth-order valence-corrected chi connectivity index (χ4v) is 3.56. The Balaban J connectivity index is 1.59. The largest absolute Gasteiger partial charge is 0.481 e. The van der Waals surface area contributed by atoms with Gasteiger partial charge in [-0.05, 0) is 36.5 Å². The lowest BCUT2D eigenvalue weighted by Crippen LogP contribution is -2.51. The van der Waals surface area contributed by atoms with Gasteiger partial charge in [-0.25, -0.2) is 15.2 Å². The number of carbonyl (C=O) groups is 2. The van der Waals surface area contributed by atoms with E-state index in [0.717, 1.165) is 5.56 Å². The number of halogens is 1. The van der Waals surface area contributed by atoms with Gasteiger partial charge in [-0.1, -0.05) is 19.1 Å². The first-order chi connectivity index (χ1) is 11.5. The SMILES string of the molecule is CC1CN(C(=O)C2CC(c3ccc(F)cc3)NN2)CCC1C(=O)O. The number of carbonyl (C=O) groups excluding carboxylic acids is 1. The van der Waals surface area contributed by atoms with Gasteiger partial charge in [0, 0.05) is 19.1 Å². The van der Waals surface area contributed by atoms with Crippen LogP contribution in [0.5, 0.6) is 0 Å². The van der Waals surface area contributed by atoms with E-state index in [0.29, 0.717) is 25.9 Å². The average Bonchev–Trinajstić information content (AvgIpc) is 3.04. The van der Waals surface area contributed by atoms with Crippen LogP contribution in [-0.2, 0) is 9.59 Å². The van der Waals surface area contributed by atoms with Crippen molar-refractivity contribution >= 4 is 11.9 Å². The number of carboxylic acids is 1. The van der Waals surface area contributed by atoms with Crippen LogP contribution in [0.1, 0.15) is 31.4 Å². The van der Waals surface area contributed by atoms with Gasteiger partial charge >= 0.3 is 5.97 Å². The fourth-order valence-electron chi connectivity index (χ4n) is 3.56. The van der Waals surface area contributed by atoms with Crippen molar-refractivity contribution in [1.29, 1.82) is 0 Å². The molecule has 24 heavy (non-hydrogen) atoms. The number of piperidine rings is 1. The van der Waals surface area contributed by atoms with Crippen molar-refractivity contribution in [2.45, 2.75) is 31.8 Å². The van der Waals surface area contributed by atoms with Gasteiger partial charge in [-0.2, -0.15) is 0 Å². The third kappa shape index (κ3) is 3.42. The lowest BCUT2D eigenvalue weighted by molar-refractivity contribution is -0.148. The molecule has 0 bridgehead atoms. The number of hydrogen-bond acceptors (Lipinski definition) is 4. The van der Waals surface area contributed by atoms with Crippen LogP contribution >= 0.6 is 0 Å². The Kier molecular flexibility index (Phi) is 4.82. The van der Waals surface area contributed by atoms with Gasteiger partial charge in [-0.3, -0.25) is 9.59 Å². The summed E-state index contributed by atoms with van der Waals surface area (Å²) in [6.45, 7) is 2.81. The Labute approximate surface area is 140 Å². The van der Waals surface area contributed by atoms with Gasteiger partial charge in [0.15, 0.2) is 0 Å². The molecule has 2 heterocycles. The number of carboxylic acid groups (broad SMARTS) is 1. The van der Waals surface area contributed by atoms with Gasteiger partial charge < -0.3 is 10.0 Å². The van der Waals surface area contributed by atoms with E-state index in [1.54, 1.807) is 17.0 Å². The van der Waals surface area contributed by atoms with Crippen LogP contribution in [-0.4, -0.2) is 41.0 Å². The van der Waals surface area contributed by atoms with Crippen molar-refractivity contribution in [2.24, 2.45) is 11.8 Å². The van der Waals surface area contributed by atoms with Gasteiger partial charge in [0.2, 0.25) is 5.91 Å². The molecule has 4 atom stereocenters. The molecular weight excluding hydrogens is 313 g/mol. The van der Waals surface area contributed by atoms with Gasteiger partial charge in [0.05, 0.1) is 5.92 Å². The second kappa shape index (κ2) is 6.86. The predicted molar refractivity (Wildman–Crippen MR) is 85.3 cm³/mol. The van der Waals surface area contributed by atoms with Gasteiger partial charge in [0.25, 0.3) is 0 Å². The molecule has 1 aromatic rings. The molecule has 2 aliphatic rings. The highest BCUT2D eigenvalue weighted by atomic mass is 19.1. The molecule has 0 saturated carbocycles. The Morgan fingerprint density at radius 2 is 1.96 bits per heavy atom. The number of hydrogen-bond donors (Lipinski definition) is 3. The third-order valence-corrected chi connectivity index (χ3v) is 5.01. The molecule has 1 amide bonds. The third-order valence-electron chi connectivity index (χ3n) is 5.01. The maximum atomic E-state index is 13.0. The summed E-state index contributed by atoms with van der Waals surface area (Å²) in [5.74, 6) is -1.51. The number of likely N-dealkylation sites (tertiary alicyclic amines) is 1. The van der Waals surface area contributed by atoms with Crippen molar-refractivity contribution in [3.8, 4) is 0 Å². The molecule has 0 aromatic heterocycles. The lowest BCUT2D eigenvalue weighted by Gasteiger charge is -2.36. The molecule has 130 valence electrons. The summed E-state index contributed by atoms with van der Waals surface area (Å²) in [7, 11) is 0. The summed E-state index contributed by atoms with van der Waals surface area (Å²) < 4.78 is 13.0. The second-order valence-electron chi connectivity index (χ2n) is 6.68. The van der Waals surface area contributed by atoms with E-state index in [9.17, 15) is 19.1 Å². The summed E-state index contributed by atoms with van der Waals surface area (Å²) >= 11 is 0. The van der Waals surface area contributed by atoms with E-state index < -0.39 is 5.97 Å². The number of nitrogens with one attached hydrogen (secondary N) is 2. The van der Waals surface area contributed by atoms with Crippen molar-refractivity contribution in [2.75, 3.05) is 13.1 Å². The quantitative estimate of drug-likeness (QED) is 0.776. The Morgan fingerprint density at radius 1 is 1.25 bits per heavy atom. The molecule has 3 N–H and O–H groups in total. The zero-order valence-electron chi connectivity index (χ0n) is 13.5. The molecule has 2 fully saturated rings. The highest BCUT2D eigenvalue weighted by Crippen LogP contribution is 2.27. The summed E-state index contributed by atoms with van der Waals surface area (Å²) in [5.41, 5.74) is 7.03. The average molecular weight is 335 g/mol. The highest BCUT2D eigenvalue weighted by molar-refractivity contribution is 5.82. The zero-order chi connectivity index (χ0) is 17.3. The molecule has 7 heteroatoms. The van der Waals surface area contributed by atoms with E-state index in [-0.39, 0.29) is 35.6 Å². The van der Waals surface area contributed by atoms with Crippen LogP contribution in [0.25, 0.3) is 0 Å². The molecule has 0 aliphatic carbocycles. The predicted octanol–water partition coefficient (Wildman–Crippen LogP) is 1.30. The van der Waals surface area contributed by atoms with E-state index in [1.807, 2.05) is 6.92 Å². The Bertz CT molecular complexity index is 622. The molecule has 6 nitrogen and oxygen atoms in total. The number of aliphatic carboxylic acids is 1. The summed E-state index contributed by atoms with van der Waals surface area (Å²) in [6.07, 6.45) is 1.07. The van der Waals surface area contributed by atoms with Crippen LogP contribution in [0.15, 0.2) is 24.3 Å². The summed E-state index contributed by atoms with van der Waals surface area (Å²) in [6, 6.07) is 5.83. The number of rotatable bonds is 3. The van der Waals surface area contributed by atoms with Crippen molar-refractivity contribution in [3.05, 3.63) is 35.6 Å². The molecule has 1 aromatic carbocycles. The minimum Gasteiger partial charge on any atom is -0.481 e. The van der Waals surface area contributed by atoms with Crippen LogP contribution < -0.4 is 10.9 Å². The molecule has 3 rings (SSSR count). The van der Waals surface area contributed by atoms with Gasteiger partial charge in [-0.15, -0.1) is 0 Å². The maximum absolute atomic E-state index is 13.0. The zero-order valence-corrected chi connectivity index (χ0v) is 13.5. The summed E-state index contributed by atoms with van der Waals surface area (Å²) in [4.78, 5) is 25.6. The molecule has 0 radical (unpaired) electrons. The molecule has 4 unspecified atom stereocenters. The number of benzene rings is 1. The van der Waals surface area contributed by atoms with E-state index in [2.05, 4.69) is 10.9 Å². The number of nitrogens with zero attached hydrogens (tertiary/aromatic N) is 1. The number of amides is 1. The molecule has 2 aliphatic heterocycles. The maximum Gasteiger partial charge on any atom is 0.306 e. The van der Waals surface area contributed by atoms with Crippen LogP contribution in [0.3, 0.4) is 0 Å². The standard InChI is InChI=1S/C17H22FN3O3/c1-10-9-21(7-6-13(10)17(23)24)16(22)15-8-14(19-20-15)11-2-4-12(18)5-3-11/h2-5,10,13-15,19-20H,6-9H2,1H3,(H,23,24). The smallest absolute Gasteiger partial charge is 0.306 e. The van der Waals surface area contributed by atoms with Crippen LogP contribution in [0.4, 0.5) is 4.39 Å². The van der Waals surface area contributed by atoms with Crippen molar-refractivity contribution < 1.29 is 19.1 Å². The van der Waals surface area contributed by atoms with Crippen molar-refractivity contribution in [1.82, 2.24) is 15.8 Å². The van der Waals surface area contributed by atoms with Crippen LogP contribution in [0.2, 0.25) is 0 Å². The minimum atomic E-state index is -0.786. The Hall–Kier alpha value is -1.99. The molecular formula is C17H22FN3O3. The van der Waals surface area contributed by atoms with Crippen LogP contribution in [0, 0.1) is 17.7 Å². The van der Waals surface area contributed by atoms with Gasteiger partial charge in [0.1, 0.15) is 11.9 Å². The highest BCUT2D eigenvalue weighted by Gasteiger charge is 2.37. The summed E-state index contributed by atoms with van der Waals surface area (Å²) in [5, 5.41) is 9.17. The number of hydrazine groups is 1. The normalized spacial score (nSPS) is 30.3. The second-order valence-corrected chi connectivity index (χ2v) is 6.68. The van der Waals surface area contributed by atoms with E-state index >= 15 is 0 Å². The molecule has 0 spiro atoms. The van der Waals surface area contributed by atoms with E-state index in [4.69, 9.17) is 0 Å². The van der Waals surface area contributed by atoms with Crippen molar-refractivity contribution in [3.63, 3.8) is 0 Å². The first-order valence-electron chi connectivity index (χ1n) is 8.24.